The molecule has 0 aliphatic heterocycles. The highest BCUT2D eigenvalue weighted by molar-refractivity contribution is 5.55. The fourth-order valence-electron chi connectivity index (χ4n) is 1.69. The zero-order valence-corrected chi connectivity index (χ0v) is 11.5. The Labute approximate surface area is 111 Å². The summed E-state index contributed by atoms with van der Waals surface area (Å²) in [5.41, 5.74) is 2.50. The molecule has 0 nitrogen and oxygen atoms in total. The molecule has 0 fully saturated rings. The normalized spacial score (nSPS) is 17.9. The maximum Gasteiger partial charge on any atom is -0.00698 e. The molecule has 0 bridgehead atoms. The van der Waals surface area contributed by atoms with Gasteiger partial charge in [-0.2, -0.15) is 0 Å². The third-order valence-corrected chi connectivity index (χ3v) is 2.54. The molecule has 1 unspecified atom stereocenters. The minimum atomic E-state index is 0.505. The monoisotopic (exact) mass is 238 g/mol. The summed E-state index contributed by atoms with van der Waals surface area (Å²) in [6.45, 7) is 6.19. The topological polar surface area (TPSA) is 0 Å². The molecule has 1 aromatic carbocycles. The minimum Gasteiger partial charge on any atom is -0.0779 e. The lowest BCUT2D eigenvalue weighted by atomic mass is 10.1. The average molecular weight is 238 g/mol. The molecule has 2 rings (SSSR count). The molecule has 0 saturated carbocycles. The van der Waals surface area contributed by atoms with Crippen molar-refractivity contribution >= 4 is 6.08 Å². The molecule has 0 heteroatoms. The Morgan fingerprint density at radius 1 is 0.944 bits per heavy atom. The highest BCUT2D eigenvalue weighted by Gasteiger charge is 1.95. The molecule has 0 amide bonds. The third kappa shape index (κ3) is 5.01. The number of rotatable bonds is 2. The summed E-state index contributed by atoms with van der Waals surface area (Å²) < 4.78 is 0. The van der Waals surface area contributed by atoms with Crippen LogP contribution in [0.25, 0.3) is 6.08 Å². The highest BCUT2D eigenvalue weighted by atomic mass is 14.0. The van der Waals surface area contributed by atoms with Gasteiger partial charge >= 0.3 is 0 Å². The van der Waals surface area contributed by atoms with Crippen molar-refractivity contribution in [3.63, 3.8) is 0 Å². The van der Waals surface area contributed by atoms with Crippen molar-refractivity contribution in [3.8, 4) is 0 Å². The van der Waals surface area contributed by atoms with Crippen LogP contribution in [0.2, 0.25) is 0 Å². The standard InChI is InChI=1S/C16H16.C2H6/c1-14-7-5-6-10-16(13-14)12-11-15-8-3-2-4-9-15;1-2/h2-14H,1H3;1-2H3/b12-11-;. The van der Waals surface area contributed by atoms with Crippen LogP contribution in [0.5, 0.6) is 0 Å². The highest BCUT2D eigenvalue weighted by Crippen LogP contribution is 2.13. The molecule has 1 aromatic rings. The summed E-state index contributed by atoms with van der Waals surface area (Å²) >= 11 is 0. The summed E-state index contributed by atoms with van der Waals surface area (Å²) in [4.78, 5) is 0. The lowest BCUT2D eigenvalue weighted by Crippen LogP contribution is -1.82. The van der Waals surface area contributed by atoms with E-state index in [1.54, 1.807) is 0 Å². The van der Waals surface area contributed by atoms with Gasteiger partial charge < -0.3 is 0 Å². The minimum absolute atomic E-state index is 0.505. The Morgan fingerprint density at radius 2 is 1.67 bits per heavy atom. The predicted molar refractivity (Wildman–Crippen MR) is 82.4 cm³/mol. The first-order chi connectivity index (χ1) is 8.84. The Bertz CT molecular complexity index is 444. The molecule has 0 saturated heterocycles. The predicted octanol–water partition coefficient (Wildman–Crippen LogP) is 5.41. The van der Waals surface area contributed by atoms with Crippen LogP contribution in [0.4, 0.5) is 0 Å². The molecule has 94 valence electrons. The molecule has 1 aliphatic carbocycles. The second kappa shape index (κ2) is 8.30. The van der Waals surface area contributed by atoms with Crippen molar-refractivity contribution < 1.29 is 0 Å². The van der Waals surface area contributed by atoms with Gasteiger partial charge in [0.15, 0.2) is 0 Å². The summed E-state index contributed by atoms with van der Waals surface area (Å²) in [5.74, 6) is 0.505. The maximum absolute atomic E-state index is 2.26. The van der Waals surface area contributed by atoms with Crippen molar-refractivity contribution in [1.29, 1.82) is 0 Å². The Morgan fingerprint density at radius 3 is 2.39 bits per heavy atom. The van der Waals surface area contributed by atoms with E-state index in [2.05, 4.69) is 73.7 Å². The van der Waals surface area contributed by atoms with Crippen molar-refractivity contribution in [2.24, 2.45) is 5.92 Å². The first kappa shape index (κ1) is 14.2. The smallest absolute Gasteiger partial charge is 0.00698 e. The van der Waals surface area contributed by atoms with Gasteiger partial charge in [-0.15, -0.1) is 0 Å². The van der Waals surface area contributed by atoms with E-state index in [1.807, 2.05) is 19.9 Å². The fourth-order valence-corrected chi connectivity index (χ4v) is 1.69. The second-order valence-corrected chi connectivity index (χ2v) is 4.01. The lowest BCUT2D eigenvalue weighted by Gasteiger charge is -1.98. The van der Waals surface area contributed by atoms with E-state index < -0.39 is 0 Å². The Hall–Kier alpha value is -1.82. The molecule has 0 aromatic heterocycles. The van der Waals surface area contributed by atoms with Gasteiger partial charge in [-0.05, 0) is 17.1 Å². The summed E-state index contributed by atoms with van der Waals surface area (Å²) in [7, 11) is 0. The van der Waals surface area contributed by atoms with E-state index in [-0.39, 0.29) is 0 Å². The van der Waals surface area contributed by atoms with E-state index in [0.717, 1.165) is 0 Å². The molecule has 1 aliphatic rings. The fraction of sp³-hybridized carbons (Fsp3) is 0.222. The van der Waals surface area contributed by atoms with Crippen molar-refractivity contribution in [1.82, 2.24) is 0 Å². The van der Waals surface area contributed by atoms with Gasteiger partial charge in [-0.1, -0.05) is 93.6 Å². The van der Waals surface area contributed by atoms with Crippen molar-refractivity contribution in [2.45, 2.75) is 20.8 Å². The van der Waals surface area contributed by atoms with E-state index in [1.165, 1.54) is 11.1 Å². The van der Waals surface area contributed by atoms with E-state index >= 15 is 0 Å². The van der Waals surface area contributed by atoms with Crippen molar-refractivity contribution in [2.75, 3.05) is 0 Å². The quantitative estimate of drug-likeness (QED) is 0.646. The van der Waals surface area contributed by atoms with E-state index in [4.69, 9.17) is 0 Å². The van der Waals surface area contributed by atoms with Gasteiger partial charge in [0.2, 0.25) is 0 Å². The van der Waals surface area contributed by atoms with Crippen LogP contribution < -0.4 is 0 Å². The van der Waals surface area contributed by atoms with E-state index in [9.17, 15) is 0 Å². The van der Waals surface area contributed by atoms with Crippen LogP contribution in [-0.2, 0) is 0 Å². The van der Waals surface area contributed by atoms with Gasteiger partial charge in [0.1, 0.15) is 0 Å². The van der Waals surface area contributed by atoms with Crippen molar-refractivity contribution in [3.05, 3.63) is 77.9 Å². The van der Waals surface area contributed by atoms with E-state index in [0.29, 0.717) is 5.92 Å². The average Bonchev–Trinajstić information content (AvgIpc) is 2.64. The number of hydrogen-bond acceptors (Lipinski definition) is 0. The van der Waals surface area contributed by atoms with Crippen LogP contribution in [0.1, 0.15) is 26.3 Å². The van der Waals surface area contributed by atoms with Gasteiger partial charge in [0, 0.05) is 0 Å². The maximum atomic E-state index is 2.26. The van der Waals surface area contributed by atoms with Crippen LogP contribution in [0, 0.1) is 5.92 Å². The molecule has 18 heavy (non-hydrogen) atoms. The zero-order valence-electron chi connectivity index (χ0n) is 11.5. The third-order valence-electron chi connectivity index (χ3n) is 2.54. The zero-order chi connectivity index (χ0) is 13.2. The van der Waals surface area contributed by atoms with Crippen LogP contribution in [-0.4, -0.2) is 0 Å². The number of allylic oxidation sites excluding steroid dienone is 7. The molecule has 0 radical (unpaired) electrons. The second-order valence-electron chi connectivity index (χ2n) is 4.01. The van der Waals surface area contributed by atoms with Gasteiger partial charge in [0.05, 0.1) is 0 Å². The first-order valence-electron chi connectivity index (χ1n) is 6.64. The van der Waals surface area contributed by atoms with Gasteiger partial charge in [0.25, 0.3) is 0 Å². The van der Waals surface area contributed by atoms with Crippen LogP contribution in [0.15, 0.2) is 72.4 Å². The number of benzene rings is 1. The molecular weight excluding hydrogens is 216 g/mol. The number of hydrogen-bond donors (Lipinski definition) is 0. The molecule has 0 heterocycles. The SMILES string of the molecule is CC.CC1C=CC=CC(/C=C\c2ccccc2)=C1. The summed E-state index contributed by atoms with van der Waals surface area (Å²) in [6.07, 6.45) is 15.1. The molecule has 0 spiro atoms. The largest absolute Gasteiger partial charge is 0.0779 e. The first-order valence-corrected chi connectivity index (χ1v) is 6.64. The molecule has 0 N–H and O–H groups in total. The summed E-state index contributed by atoms with van der Waals surface area (Å²) in [6, 6.07) is 10.4. The van der Waals surface area contributed by atoms with Crippen LogP contribution >= 0.6 is 0 Å². The Kier molecular flexibility index (Phi) is 6.56. The Balaban J connectivity index is 0.000000771. The lowest BCUT2D eigenvalue weighted by molar-refractivity contribution is 0.937. The van der Waals surface area contributed by atoms with Crippen LogP contribution in [0.3, 0.4) is 0 Å². The molecular formula is C18H22. The van der Waals surface area contributed by atoms with Gasteiger partial charge in [-0.3, -0.25) is 0 Å². The summed E-state index contributed by atoms with van der Waals surface area (Å²) in [5, 5.41) is 0. The molecule has 1 atom stereocenters. The van der Waals surface area contributed by atoms with Gasteiger partial charge in [-0.25, -0.2) is 0 Å².